The molecule has 0 fully saturated rings. The average Bonchev–Trinajstić information content (AvgIpc) is 2.39. The second kappa shape index (κ2) is 2.92. The lowest BCUT2D eigenvalue weighted by Crippen LogP contribution is -2.19. The van der Waals surface area contributed by atoms with Gasteiger partial charge in [0.05, 0.1) is 10.2 Å². The SMILES string of the molecule is CC1(C)CNc2c1cc(F)c(Br)c2F. The highest BCUT2D eigenvalue weighted by atomic mass is 79.9. The molecular weight excluding hydrogens is 252 g/mol. The molecule has 0 atom stereocenters. The van der Waals surface area contributed by atoms with Gasteiger partial charge in [0.15, 0.2) is 5.82 Å². The second-order valence-corrected chi connectivity index (χ2v) is 4.94. The average molecular weight is 262 g/mol. The minimum Gasteiger partial charge on any atom is -0.382 e. The molecule has 0 bridgehead atoms. The van der Waals surface area contributed by atoms with Crippen LogP contribution in [0.2, 0.25) is 0 Å². The number of benzene rings is 1. The van der Waals surface area contributed by atoms with Crippen LogP contribution in [-0.4, -0.2) is 6.54 Å². The first-order valence-corrected chi connectivity index (χ1v) is 5.14. The Hall–Kier alpha value is -0.640. The highest BCUT2D eigenvalue weighted by molar-refractivity contribution is 9.10. The van der Waals surface area contributed by atoms with Crippen molar-refractivity contribution in [3.63, 3.8) is 0 Å². The van der Waals surface area contributed by atoms with Crippen molar-refractivity contribution < 1.29 is 8.78 Å². The number of halogens is 3. The topological polar surface area (TPSA) is 12.0 Å². The van der Waals surface area contributed by atoms with E-state index in [2.05, 4.69) is 21.2 Å². The third-order valence-electron chi connectivity index (χ3n) is 2.60. The van der Waals surface area contributed by atoms with E-state index in [0.717, 1.165) is 0 Å². The number of rotatable bonds is 0. The fourth-order valence-electron chi connectivity index (χ4n) is 1.71. The van der Waals surface area contributed by atoms with E-state index in [0.29, 0.717) is 17.8 Å². The minimum atomic E-state index is -0.543. The van der Waals surface area contributed by atoms with Gasteiger partial charge in [-0.2, -0.15) is 0 Å². The Morgan fingerprint density at radius 1 is 1.43 bits per heavy atom. The largest absolute Gasteiger partial charge is 0.382 e. The Labute approximate surface area is 89.6 Å². The maximum absolute atomic E-state index is 13.6. The molecule has 0 aromatic heterocycles. The van der Waals surface area contributed by atoms with Crippen molar-refractivity contribution in [3.05, 3.63) is 27.7 Å². The molecule has 0 spiro atoms. The number of hydrogen-bond acceptors (Lipinski definition) is 1. The van der Waals surface area contributed by atoms with E-state index in [1.54, 1.807) is 0 Å². The van der Waals surface area contributed by atoms with Gasteiger partial charge in [-0.3, -0.25) is 0 Å². The first kappa shape index (κ1) is 9.90. The summed E-state index contributed by atoms with van der Waals surface area (Å²) >= 11 is 2.88. The molecule has 1 aliphatic rings. The summed E-state index contributed by atoms with van der Waals surface area (Å²) in [5, 5.41) is 2.96. The summed E-state index contributed by atoms with van der Waals surface area (Å²) in [5.41, 5.74) is 0.913. The van der Waals surface area contributed by atoms with Crippen LogP contribution in [0.25, 0.3) is 0 Å². The zero-order valence-electron chi connectivity index (χ0n) is 7.92. The molecule has 1 N–H and O–H groups in total. The summed E-state index contributed by atoms with van der Waals surface area (Å²) in [6, 6.07) is 1.39. The summed E-state index contributed by atoms with van der Waals surface area (Å²) in [6.07, 6.45) is 0. The van der Waals surface area contributed by atoms with Crippen LogP contribution in [0.1, 0.15) is 19.4 Å². The van der Waals surface area contributed by atoms with Gasteiger partial charge >= 0.3 is 0 Å². The molecule has 1 aliphatic heterocycles. The van der Waals surface area contributed by atoms with E-state index in [9.17, 15) is 8.78 Å². The first-order chi connectivity index (χ1) is 6.43. The van der Waals surface area contributed by atoms with Crippen molar-refractivity contribution in [2.75, 3.05) is 11.9 Å². The molecule has 1 heterocycles. The molecule has 76 valence electrons. The predicted octanol–water partition coefficient (Wildman–Crippen LogP) is 3.43. The molecular formula is C10H10BrF2N. The summed E-state index contributed by atoms with van der Waals surface area (Å²) in [7, 11) is 0. The Bertz CT molecular complexity index is 402. The quantitative estimate of drug-likeness (QED) is 0.706. The van der Waals surface area contributed by atoms with Gasteiger partial charge in [-0.25, -0.2) is 8.78 Å². The lowest BCUT2D eigenvalue weighted by Gasteiger charge is -2.17. The number of fused-ring (bicyclic) bond motifs is 1. The summed E-state index contributed by atoms with van der Waals surface area (Å²) < 4.78 is 26.7. The molecule has 0 amide bonds. The number of nitrogens with one attached hydrogen (secondary N) is 1. The Balaban J connectivity index is 2.71. The van der Waals surface area contributed by atoms with Gasteiger partial charge in [0.2, 0.25) is 0 Å². The van der Waals surface area contributed by atoms with E-state index < -0.39 is 11.6 Å². The molecule has 1 nitrogen and oxygen atoms in total. The maximum atomic E-state index is 13.6. The fourth-order valence-corrected chi connectivity index (χ4v) is 2.02. The third-order valence-corrected chi connectivity index (χ3v) is 3.33. The fraction of sp³-hybridized carbons (Fsp3) is 0.400. The van der Waals surface area contributed by atoms with Gasteiger partial charge in [0, 0.05) is 12.0 Å². The molecule has 2 rings (SSSR count). The second-order valence-electron chi connectivity index (χ2n) is 4.15. The van der Waals surface area contributed by atoms with Gasteiger partial charge in [-0.1, -0.05) is 13.8 Å². The van der Waals surface area contributed by atoms with Crippen molar-refractivity contribution in [2.24, 2.45) is 0 Å². The van der Waals surface area contributed by atoms with Crippen LogP contribution in [0.3, 0.4) is 0 Å². The molecule has 0 aliphatic carbocycles. The van der Waals surface area contributed by atoms with Crippen LogP contribution in [-0.2, 0) is 5.41 Å². The van der Waals surface area contributed by atoms with Crippen molar-refractivity contribution in [2.45, 2.75) is 19.3 Å². The molecule has 1 aromatic carbocycles. The van der Waals surface area contributed by atoms with E-state index in [1.165, 1.54) is 6.07 Å². The normalized spacial score (nSPS) is 17.8. The summed E-state index contributed by atoms with van der Waals surface area (Å²) in [4.78, 5) is 0. The van der Waals surface area contributed by atoms with E-state index in [1.807, 2.05) is 13.8 Å². The van der Waals surface area contributed by atoms with Crippen molar-refractivity contribution in [1.29, 1.82) is 0 Å². The Morgan fingerprint density at radius 2 is 2.07 bits per heavy atom. The highest BCUT2D eigenvalue weighted by Crippen LogP contribution is 2.41. The zero-order valence-corrected chi connectivity index (χ0v) is 9.50. The summed E-state index contributed by atoms with van der Waals surface area (Å²) in [5.74, 6) is -1.08. The molecule has 14 heavy (non-hydrogen) atoms. The van der Waals surface area contributed by atoms with Crippen LogP contribution >= 0.6 is 15.9 Å². The monoisotopic (exact) mass is 261 g/mol. The molecule has 0 saturated carbocycles. The van der Waals surface area contributed by atoms with Crippen LogP contribution in [0, 0.1) is 11.6 Å². The van der Waals surface area contributed by atoms with E-state index in [4.69, 9.17) is 0 Å². The number of hydrogen-bond donors (Lipinski definition) is 1. The van der Waals surface area contributed by atoms with Crippen LogP contribution in [0.5, 0.6) is 0 Å². The molecule has 0 saturated heterocycles. The van der Waals surface area contributed by atoms with E-state index >= 15 is 0 Å². The van der Waals surface area contributed by atoms with Crippen LogP contribution in [0.4, 0.5) is 14.5 Å². The van der Waals surface area contributed by atoms with Crippen molar-refractivity contribution in [3.8, 4) is 0 Å². The minimum absolute atomic E-state index is 0.0959. The standard InChI is InChI=1S/C10H10BrF2N/c1-10(2)4-14-9-5(10)3-6(12)7(11)8(9)13/h3,14H,4H2,1-2H3. The zero-order chi connectivity index (χ0) is 10.5. The maximum Gasteiger partial charge on any atom is 0.163 e. The first-order valence-electron chi connectivity index (χ1n) is 4.35. The van der Waals surface area contributed by atoms with Crippen LogP contribution < -0.4 is 5.32 Å². The lowest BCUT2D eigenvalue weighted by atomic mass is 9.87. The van der Waals surface area contributed by atoms with Gasteiger partial charge in [0.25, 0.3) is 0 Å². The Morgan fingerprint density at radius 3 is 2.71 bits per heavy atom. The van der Waals surface area contributed by atoms with Gasteiger partial charge in [-0.15, -0.1) is 0 Å². The smallest absolute Gasteiger partial charge is 0.163 e. The Kier molecular flexibility index (Phi) is 2.07. The molecule has 0 radical (unpaired) electrons. The van der Waals surface area contributed by atoms with Gasteiger partial charge in [0.1, 0.15) is 5.82 Å². The molecule has 1 aromatic rings. The summed E-state index contributed by atoms with van der Waals surface area (Å²) in [6.45, 7) is 4.55. The van der Waals surface area contributed by atoms with Gasteiger partial charge < -0.3 is 5.32 Å². The van der Waals surface area contributed by atoms with Crippen molar-refractivity contribution in [1.82, 2.24) is 0 Å². The number of anilines is 1. The van der Waals surface area contributed by atoms with Crippen LogP contribution in [0.15, 0.2) is 10.5 Å². The van der Waals surface area contributed by atoms with E-state index in [-0.39, 0.29) is 9.89 Å². The molecule has 4 heteroatoms. The van der Waals surface area contributed by atoms with Gasteiger partial charge in [-0.05, 0) is 27.6 Å². The predicted molar refractivity (Wildman–Crippen MR) is 55.6 cm³/mol. The lowest BCUT2D eigenvalue weighted by molar-refractivity contribution is 0.554. The van der Waals surface area contributed by atoms with Crippen molar-refractivity contribution >= 4 is 21.6 Å². The third kappa shape index (κ3) is 1.24. The molecule has 0 unspecified atom stereocenters. The highest BCUT2D eigenvalue weighted by Gasteiger charge is 2.33.